The molecule has 2 rings (SSSR count). The van der Waals surface area contributed by atoms with Gasteiger partial charge in [-0.1, -0.05) is 18.2 Å². The molecule has 0 fully saturated rings. The molecule has 0 aromatic heterocycles. The molecule has 1 nitrogen and oxygen atoms in total. The summed E-state index contributed by atoms with van der Waals surface area (Å²) in [4.78, 5) is 0. The molecule has 2 aromatic rings. The monoisotopic (exact) mass is 319 g/mol. The van der Waals surface area contributed by atoms with E-state index in [1.165, 1.54) is 12.1 Å². The van der Waals surface area contributed by atoms with Gasteiger partial charge in [-0.05, 0) is 41.0 Å². The van der Waals surface area contributed by atoms with E-state index in [4.69, 9.17) is 5.73 Å². The summed E-state index contributed by atoms with van der Waals surface area (Å²) in [6.45, 7) is -0.00982. The van der Waals surface area contributed by atoms with Crippen molar-refractivity contribution in [1.29, 1.82) is 0 Å². The topological polar surface area (TPSA) is 26.0 Å². The van der Waals surface area contributed by atoms with Gasteiger partial charge in [-0.25, -0.2) is 0 Å². The van der Waals surface area contributed by atoms with Crippen molar-refractivity contribution in [1.82, 2.24) is 0 Å². The van der Waals surface area contributed by atoms with Crippen molar-refractivity contribution in [3.05, 3.63) is 59.2 Å². The minimum Gasteiger partial charge on any atom is -0.326 e. The molecular weight excluding hydrogens is 308 g/mol. The molecule has 0 amide bonds. The van der Waals surface area contributed by atoms with E-state index in [0.717, 1.165) is 24.3 Å². The van der Waals surface area contributed by atoms with Crippen LogP contribution < -0.4 is 5.73 Å². The lowest BCUT2D eigenvalue weighted by Crippen LogP contribution is -2.09. The minimum atomic E-state index is -4.67. The fourth-order valence-electron chi connectivity index (χ4n) is 2.07. The van der Waals surface area contributed by atoms with Gasteiger partial charge in [0.2, 0.25) is 0 Å². The molecule has 0 bridgehead atoms. The lowest BCUT2D eigenvalue weighted by Gasteiger charge is -2.15. The number of hydrogen-bond donors (Lipinski definition) is 1. The van der Waals surface area contributed by atoms with Crippen molar-refractivity contribution < 1.29 is 26.3 Å². The molecule has 0 saturated heterocycles. The van der Waals surface area contributed by atoms with Gasteiger partial charge in [0.05, 0.1) is 11.1 Å². The van der Waals surface area contributed by atoms with E-state index in [2.05, 4.69) is 0 Å². The Bertz CT molecular complexity index is 672. The Morgan fingerprint density at radius 1 is 0.818 bits per heavy atom. The molecule has 0 aliphatic carbocycles. The molecule has 0 unspecified atom stereocenters. The number of halogens is 6. The highest BCUT2D eigenvalue weighted by atomic mass is 19.4. The molecule has 0 radical (unpaired) electrons. The smallest absolute Gasteiger partial charge is 0.326 e. The van der Waals surface area contributed by atoms with E-state index in [1.54, 1.807) is 0 Å². The van der Waals surface area contributed by atoms with Crippen molar-refractivity contribution >= 4 is 0 Å². The summed E-state index contributed by atoms with van der Waals surface area (Å²) < 4.78 is 77.3. The molecular formula is C15H11F6N. The van der Waals surface area contributed by atoms with Crippen molar-refractivity contribution in [3.63, 3.8) is 0 Å². The molecule has 0 saturated carbocycles. The molecule has 0 aliphatic rings. The van der Waals surface area contributed by atoms with Crippen LogP contribution in [0.4, 0.5) is 26.3 Å². The van der Waals surface area contributed by atoms with Crippen LogP contribution in [0.25, 0.3) is 11.1 Å². The first-order valence-corrected chi connectivity index (χ1v) is 6.21. The molecule has 0 aliphatic heterocycles. The average Bonchev–Trinajstić information content (AvgIpc) is 2.45. The normalized spacial score (nSPS) is 12.5. The van der Waals surface area contributed by atoms with E-state index in [1.807, 2.05) is 0 Å². The maximum atomic E-state index is 13.1. The molecule has 7 heteroatoms. The second-order valence-corrected chi connectivity index (χ2v) is 4.66. The second-order valence-electron chi connectivity index (χ2n) is 4.66. The van der Waals surface area contributed by atoms with E-state index in [9.17, 15) is 26.3 Å². The lowest BCUT2D eigenvalue weighted by atomic mass is 9.95. The zero-order chi connectivity index (χ0) is 16.5. The van der Waals surface area contributed by atoms with E-state index < -0.39 is 23.5 Å². The van der Waals surface area contributed by atoms with Gasteiger partial charge in [0, 0.05) is 6.54 Å². The lowest BCUT2D eigenvalue weighted by molar-refractivity contribution is -0.137. The van der Waals surface area contributed by atoms with Gasteiger partial charge in [0.15, 0.2) is 0 Å². The van der Waals surface area contributed by atoms with Crippen molar-refractivity contribution in [3.8, 4) is 11.1 Å². The Labute approximate surface area is 122 Å². The van der Waals surface area contributed by atoms with Crippen molar-refractivity contribution in [2.75, 3.05) is 0 Å². The summed E-state index contributed by atoms with van der Waals surface area (Å²) in [7, 11) is 0. The minimum absolute atomic E-state index is 0.00982. The third-order valence-corrected chi connectivity index (χ3v) is 3.13. The van der Waals surface area contributed by atoms with Crippen LogP contribution in [0.2, 0.25) is 0 Å². The predicted octanol–water partition coefficient (Wildman–Crippen LogP) is 4.85. The van der Waals surface area contributed by atoms with Crippen LogP contribution in [0.3, 0.4) is 0 Å². The van der Waals surface area contributed by atoms with Crippen LogP contribution in [-0.2, 0) is 18.9 Å². The van der Waals surface area contributed by atoms with Crippen LogP contribution in [-0.4, -0.2) is 0 Å². The first-order chi connectivity index (χ1) is 10.1. The molecule has 2 aromatic carbocycles. The molecule has 0 heterocycles. The summed E-state index contributed by atoms with van der Waals surface area (Å²) in [6.07, 6.45) is -9.30. The van der Waals surface area contributed by atoms with Gasteiger partial charge in [-0.15, -0.1) is 0 Å². The van der Waals surface area contributed by atoms with Gasteiger partial charge < -0.3 is 5.73 Å². The van der Waals surface area contributed by atoms with E-state index >= 15 is 0 Å². The zero-order valence-corrected chi connectivity index (χ0v) is 11.1. The number of hydrogen-bond acceptors (Lipinski definition) is 1. The van der Waals surface area contributed by atoms with Crippen LogP contribution in [0.15, 0.2) is 42.5 Å². The zero-order valence-electron chi connectivity index (χ0n) is 11.1. The average molecular weight is 319 g/mol. The Morgan fingerprint density at radius 3 is 2.05 bits per heavy atom. The highest BCUT2D eigenvalue weighted by molar-refractivity contribution is 5.69. The third kappa shape index (κ3) is 3.41. The Morgan fingerprint density at radius 2 is 1.50 bits per heavy atom. The van der Waals surface area contributed by atoms with Crippen molar-refractivity contribution in [2.24, 2.45) is 5.73 Å². The van der Waals surface area contributed by atoms with Crippen molar-refractivity contribution in [2.45, 2.75) is 18.9 Å². The van der Waals surface area contributed by atoms with E-state index in [0.29, 0.717) is 11.6 Å². The van der Waals surface area contributed by atoms with Crippen LogP contribution in [0.5, 0.6) is 0 Å². The molecule has 22 heavy (non-hydrogen) atoms. The maximum Gasteiger partial charge on any atom is 0.417 e. The fraction of sp³-hybridized carbons (Fsp3) is 0.200. The molecule has 2 N–H and O–H groups in total. The van der Waals surface area contributed by atoms with Gasteiger partial charge in [0.25, 0.3) is 0 Å². The molecule has 0 spiro atoms. The highest BCUT2D eigenvalue weighted by Gasteiger charge is 2.35. The summed E-state index contributed by atoms with van der Waals surface area (Å²) in [5.41, 5.74) is 3.32. The second kappa shape index (κ2) is 5.64. The summed E-state index contributed by atoms with van der Waals surface area (Å²) in [5, 5.41) is 0. The van der Waals surface area contributed by atoms with Gasteiger partial charge >= 0.3 is 12.4 Å². The Kier molecular flexibility index (Phi) is 4.19. The van der Waals surface area contributed by atoms with Crippen LogP contribution >= 0.6 is 0 Å². The van der Waals surface area contributed by atoms with Gasteiger partial charge in [0.1, 0.15) is 0 Å². The maximum absolute atomic E-state index is 13.1. The number of benzene rings is 2. The third-order valence-electron chi connectivity index (χ3n) is 3.13. The quantitative estimate of drug-likeness (QED) is 0.787. The summed E-state index contributed by atoms with van der Waals surface area (Å²) in [5.74, 6) is 0. The largest absolute Gasteiger partial charge is 0.417 e. The summed E-state index contributed by atoms with van der Waals surface area (Å²) in [6, 6.07) is 7.00. The Hall–Kier alpha value is -2.02. The Balaban J connectivity index is 2.65. The number of nitrogens with two attached hydrogens (primary N) is 1. The van der Waals surface area contributed by atoms with Gasteiger partial charge in [-0.2, -0.15) is 26.3 Å². The number of alkyl halides is 6. The fourth-order valence-corrected chi connectivity index (χ4v) is 2.07. The SMILES string of the molecule is NCc1ccc(C(F)(F)F)c(-c2cccc(C(F)(F)F)c2)c1. The molecule has 0 atom stereocenters. The van der Waals surface area contributed by atoms with E-state index in [-0.39, 0.29) is 17.7 Å². The predicted molar refractivity (Wildman–Crippen MR) is 69.8 cm³/mol. The van der Waals surface area contributed by atoms with Crippen LogP contribution in [0, 0.1) is 0 Å². The highest BCUT2D eigenvalue weighted by Crippen LogP contribution is 2.39. The number of rotatable bonds is 2. The summed E-state index contributed by atoms with van der Waals surface area (Å²) >= 11 is 0. The van der Waals surface area contributed by atoms with Gasteiger partial charge in [-0.3, -0.25) is 0 Å². The molecule has 118 valence electrons. The standard InChI is InChI=1S/C15H11F6N/c16-14(17,18)11-3-1-2-10(7-11)12-6-9(8-22)4-5-13(12)15(19,20)21/h1-7H,8,22H2. The first kappa shape index (κ1) is 16.4. The van der Waals surface area contributed by atoms with Crippen LogP contribution in [0.1, 0.15) is 16.7 Å². The first-order valence-electron chi connectivity index (χ1n) is 6.21.